The number of likely N-dealkylation sites (tertiary alicyclic amines) is 1. The van der Waals surface area contributed by atoms with E-state index in [4.69, 9.17) is 34.9 Å². The van der Waals surface area contributed by atoms with Gasteiger partial charge in [-0.25, -0.2) is 9.78 Å². The van der Waals surface area contributed by atoms with Gasteiger partial charge in [-0.05, 0) is 90.8 Å². The number of hydrogen-bond acceptors (Lipinski definition) is 11. The highest BCUT2D eigenvalue weighted by Crippen LogP contribution is 2.54. The fraction of sp³-hybridized carbons (Fsp3) is 0.606. The number of nitrogens with zero attached hydrogens (tertiary/aromatic N) is 7. The maximum atomic E-state index is 13.8. The van der Waals surface area contributed by atoms with Crippen molar-refractivity contribution < 1.29 is 14.0 Å². The second kappa shape index (κ2) is 10.9. The molecule has 13 heteroatoms. The van der Waals surface area contributed by atoms with Crippen molar-refractivity contribution in [2.45, 2.75) is 101 Å². The van der Waals surface area contributed by atoms with Gasteiger partial charge < -0.3 is 19.7 Å². The minimum Gasteiger partial charge on any atom is -0.471 e. The zero-order chi connectivity index (χ0) is 31.9. The first-order valence-electron chi connectivity index (χ1n) is 16.5. The average Bonchev–Trinajstić information content (AvgIpc) is 3.85. The molecule has 0 radical (unpaired) electrons. The summed E-state index contributed by atoms with van der Waals surface area (Å²) < 4.78 is 22.1. The number of hydrogen-bond donors (Lipinski definition) is 1. The van der Waals surface area contributed by atoms with Gasteiger partial charge in [-0.3, -0.25) is 14.0 Å². The predicted octanol–water partition coefficient (Wildman–Crippen LogP) is 4.47. The Balaban J connectivity index is 1.30. The van der Waals surface area contributed by atoms with E-state index < -0.39 is 5.41 Å². The Morgan fingerprint density at radius 3 is 2.72 bits per heavy atom. The van der Waals surface area contributed by atoms with Gasteiger partial charge in [0.25, 0.3) is 0 Å². The van der Waals surface area contributed by atoms with Gasteiger partial charge in [0.05, 0.1) is 30.0 Å². The maximum absolute atomic E-state index is 13.8. The van der Waals surface area contributed by atoms with Gasteiger partial charge in [0, 0.05) is 28.9 Å². The van der Waals surface area contributed by atoms with Gasteiger partial charge in [-0.2, -0.15) is 10.2 Å². The number of aromatic nitrogens is 5. The number of anilines is 1. The summed E-state index contributed by atoms with van der Waals surface area (Å²) in [4.78, 5) is 27.4. The van der Waals surface area contributed by atoms with Gasteiger partial charge >= 0.3 is 5.69 Å². The van der Waals surface area contributed by atoms with Crippen molar-refractivity contribution in [3.63, 3.8) is 0 Å². The summed E-state index contributed by atoms with van der Waals surface area (Å²) in [6.07, 6.45) is 8.07. The number of rotatable bonds is 5. The van der Waals surface area contributed by atoms with Crippen molar-refractivity contribution in [1.82, 2.24) is 29.2 Å². The smallest absolute Gasteiger partial charge is 0.330 e. The van der Waals surface area contributed by atoms with Gasteiger partial charge in [0.15, 0.2) is 11.2 Å². The molecule has 2 fully saturated rings. The average molecular weight is 645 g/mol. The van der Waals surface area contributed by atoms with Gasteiger partial charge in [-0.15, -0.1) is 11.3 Å². The molecule has 5 atom stereocenters. The molecule has 2 aliphatic carbocycles. The molecule has 4 aromatic rings. The zero-order valence-electron chi connectivity index (χ0n) is 26.8. The Morgan fingerprint density at radius 1 is 1.20 bits per heavy atom. The minimum atomic E-state index is -0.431. The molecule has 0 bridgehead atoms. The van der Waals surface area contributed by atoms with E-state index in [-0.39, 0.29) is 30.0 Å². The molecular formula is C33H40N8O4S. The number of likely N-dealkylation sites (N-methyl/N-ethyl adjacent to an activating group) is 1. The van der Waals surface area contributed by atoms with E-state index in [0.29, 0.717) is 52.2 Å². The topological polar surface area (TPSA) is 150 Å². The number of ether oxygens (including phenoxy) is 2. The normalized spacial score (nSPS) is 26.8. The van der Waals surface area contributed by atoms with Crippen molar-refractivity contribution in [3.8, 4) is 23.5 Å². The first-order chi connectivity index (χ1) is 22.2. The maximum Gasteiger partial charge on any atom is 0.330 e. The summed E-state index contributed by atoms with van der Waals surface area (Å²) in [5.41, 5.74) is 10.3. The van der Waals surface area contributed by atoms with E-state index >= 15 is 0 Å². The molecule has 46 heavy (non-hydrogen) atoms. The summed E-state index contributed by atoms with van der Waals surface area (Å²) >= 11 is 1.53. The molecule has 12 nitrogen and oxygen atoms in total. The van der Waals surface area contributed by atoms with Crippen molar-refractivity contribution in [3.05, 3.63) is 37.7 Å². The van der Waals surface area contributed by atoms with Crippen LogP contribution in [-0.2, 0) is 30.0 Å². The highest BCUT2D eigenvalue weighted by Gasteiger charge is 2.48. The van der Waals surface area contributed by atoms with Crippen LogP contribution in [-0.4, -0.2) is 67.6 Å². The predicted molar refractivity (Wildman–Crippen MR) is 173 cm³/mol. The van der Waals surface area contributed by atoms with E-state index in [1.165, 1.54) is 16.2 Å². The van der Waals surface area contributed by atoms with Crippen molar-refractivity contribution >= 4 is 27.5 Å². The van der Waals surface area contributed by atoms with Crippen LogP contribution < -0.4 is 16.2 Å². The third-order valence-corrected chi connectivity index (χ3v) is 12.0. The van der Waals surface area contributed by atoms with Crippen LogP contribution in [0.2, 0.25) is 0 Å². The number of nitriles is 1. The molecule has 2 aliphatic heterocycles. The Kier molecular flexibility index (Phi) is 7.04. The molecule has 8 rings (SSSR count). The van der Waals surface area contributed by atoms with E-state index in [0.717, 1.165) is 74.7 Å². The number of thiophene rings is 1. The van der Waals surface area contributed by atoms with Crippen molar-refractivity contribution in [2.24, 2.45) is 7.05 Å². The Labute approximate surface area is 271 Å². The highest BCUT2D eigenvalue weighted by molar-refractivity contribution is 7.16. The van der Waals surface area contributed by atoms with Crippen LogP contribution >= 0.6 is 11.3 Å². The third-order valence-electron chi connectivity index (χ3n) is 10.9. The summed E-state index contributed by atoms with van der Waals surface area (Å²) in [5, 5.41) is 15.4. The lowest BCUT2D eigenvalue weighted by atomic mass is 9.62. The largest absolute Gasteiger partial charge is 0.471 e. The van der Waals surface area contributed by atoms with Gasteiger partial charge in [-0.1, -0.05) is 5.16 Å². The number of fused-ring (bicyclic) bond motifs is 5. The number of nitrogens with two attached hydrogens (primary N) is 1. The molecule has 0 aromatic carbocycles. The molecule has 0 amide bonds. The monoisotopic (exact) mass is 644 g/mol. The summed E-state index contributed by atoms with van der Waals surface area (Å²) in [6.45, 7) is 5.56. The fourth-order valence-electron chi connectivity index (χ4n) is 8.73. The lowest BCUT2D eigenvalue weighted by molar-refractivity contribution is 0.118. The first kappa shape index (κ1) is 29.7. The minimum absolute atomic E-state index is 0.0458. The van der Waals surface area contributed by atoms with Crippen LogP contribution in [0, 0.1) is 11.3 Å². The van der Waals surface area contributed by atoms with Gasteiger partial charge in [0.2, 0.25) is 17.5 Å². The Morgan fingerprint density at radius 2 is 2.00 bits per heavy atom. The summed E-state index contributed by atoms with van der Waals surface area (Å²) in [5.74, 6) is 1.22. The number of aryl methyl sites for hydroxylation is 2. The second-order valence-electron chi connectivity index (χ2n) is 13.7. The van der Waals surface area contributed by atoms with Gasteiger partial charge in [0.1, 0.15) is 17.2 Å². The fourth-order valence-corrected chi connectivity index (χ4v) is 9.90. The Bertz CT molecular complexity index is 1950. The van der Waals surface area contributed by atoms with E-state index in [9.17, 15) is 10.1 Å². The Hall–Kier alpha value is -3.73. The highest BCUT2D eigenvalue weighted by atomic mass is 32.1. The van der Waals surface area contributed by atoms with E-state index in [2.05, 4.69) is 24.9 Å². The van der Waals surface area contributed by atoms with Crippen LogP contribution in [0.1, 0.15) is 92.1 Å². The van der Waals surface area contributed by atoms with Crippen LogP contribution in [0.5, 0.6) is 5.88 Å². The lowest BCUT2D eigenvalue weighted by Crippen LogP contribution is -2.38. The standard InChI is InChI=1S/C33H40N8O4S/c1-17-14-19(16-43-17)41-30-25(40(4)32(41)42)31(44-18(2)22-9-7-13-39(22)3)37-29(36-30)26-20-8-5-11-33(27(20)38-45-26)12-6-10-23-24(33)21(15-34)28(35)46-23/h17-19,22H,5-14,16,35H2,1-4H3/t17-,18-,19+,22-,33-/m0/s1. The molecule has 2 saturated heterocycles. The zero-order valence-corrected chi connectivity index (χ0v) is 27.7. The van der Waals surface area contributed by atoms with Crippen LogP contribution in [0.4, 0.5) is 5.00 Å². The van der Waals surface area contributed by atoms with E-state index in [1.807, 2.05) is 6.92 Å². The summed E-state index contributed by atoms with van der Waals surface area (Å²) in [7, 11) is 3.88. The molecule has 0 saturated carbocycles. The van der Waals surface area contributed by atoms with Crippen molar-refractivity contribution in [2.75, 3.05) is 25.9 Å². The second-order valence-corrected chi connectivity index (χ2v) is 14.8. The van der Waals surface area contributed by atoms with Crippen LogP contribution in [0.25, 0.3) is 22.7 Å². The molecule has 242 valence electrons. The summed E-state index contributed by atoms with van der Waals surface area (Å²) in [6, 6.07) is 2.48. The molecule has 4 aliphatic rings. The number of imidazole rings is 1. The molecule has 0 unspecified atom stereocenters. The van der Waals surface area contributed by atoms with E-state index in [1.54, 1.807) is 16.2 Å². The first-order valence-corrected chi connectivity index (χ1v) is 17.3. The SMILES string of the molecule is C[C@H](Oc1nc(-c2onc3c2CCC[C@@]32CCCc3sc(N)c(C#N)c32)nc2c1n(C)c(=O)n2[C@H]1CO[C@@H](C)C1)[C@@H]1CCCN1C. The lowest BCUT2D eigenvalue weighted by Gasteiger charge is -2.39. The molecular weight excluding hydrogens is 604 g/mol. The third kappa shape index (κ3) is 4.29. The molecule has 4 aromatic heterocycles. The van der Waals surface area contributed by atoms with Crippen molar-refractivity contribution in [1.29, 1.82) is 5.26 Å². The molecule has 1 spiro atoms. The quantitative estimate of drug-likeness (QED) is 0.330. The van der Waals surface area contributed by atoms with Crippen LogP contribution in [0.15, 0.2) is 9.32 Å². The number of nitrogen functional groups attached to an aromatic ring is 1. The van der Waals surface area contributed by atoms with Crippen LogP contribution in [0.3, 0.4) is 0 Å². The molecule has 6 heterocycles. The molecule has 2 N–H and O–H groups in total.